The van der Waals surface area contributed by atoms with E-state index in [4.69, 9.17) is 4.42 Å². The zero-order valence-electron chi connectivity index (χ0n) is 15.5. The van der Waals surface area contributed by atoms with E-state index < -0.39 is 11.6 Å². The van der Waals surface area contributed by atoms with Gasteiger partial charge in [0.05, 0.1) is 6.26 Å². The van der Waals surface area contributed by atoms with Crippen LogP contribution in [0.2, 0.25) is 0 Å². The molecule has 2 N–H and O–H groups in total. The average molecular weight is 372 g/mol. The van der Waals surface area contributed by atoms with E-state index >= 15 is 0 Å². The van der Waals surface area contributed by atoms with Gasteiger partial charge in [0.2, 0.25) is 0 Å². The molecule has 0 bridgehead atoms. The number of likely N-dealkylation sites (tertiary alicyclic amines) is 1. The van der Waals surface area contributed by atoms with E-state index in [1.807, 2.05) is 13.8 Å². The van der Waals surface area contributed by atoms with E-state index in [-0.39, 0.29) is 23.4 Å². The summed E-state index contributed by atoms with van der Waals surface area (Å²) < 4.78 is 5.17. The molecule has 2 amide bonds. The first-order valence-corrected chi connectivity index (χ1v) is 9.16. The molecule has 0 aliphatic carbocycles. The largest absolute Gasteiger partial charge is 0.459 e. The number of aromatic amines is 1. The van der Waals surface area contributed by atoms with Crippen molar-refractivity contribution in [1.29, 1.82) is 0 Å². The van der Waals surface area contributed by atoms with Gasteiger partial charge in [-0.15, -0.1) is 0 Å². The van der Waals surface area contributed by atoms with Crippen LogP contribution in [0.15, 0.2) is 33.7 Å². The summed E-state index contributed by atoms with van der Waals surface area (Å²) in [4.78, 5) is 44.8. The van der Waals surface area contributed by atoms with Gasteiger partial charge in [0.1, 0.15) is 5.69 Å². The number of nitrogens with zero attached hydrogens (tertiary/aromatic N) is 2. The van der Waals surface area contributed by atoms with Crippen molar-refractivity contribution in [3.05, 3.63) is 52.1 Å². The molecule has 8 heteroatoms. The Morgan fingerprint density at radius 1 is 1.44 bits per heavy atom. The smallest absolute Gasteiger partial charge is 0.345 e. The molecule has 8 nitrogen and oxygen atoms in total. The number of piperidine rings is 1. The number of H-pyrrole nitrogens is 1. The lowest BCUT2D eigenvalue weighted by Crippen LogP contribution is -2.49. The summed E-state index contributed by atoms with van der Waals surface area (Å²) in [5.74, 6) is 0.0471. The Bertz CT molecular complexity index is 857. The number of hydrogen-bond donors (Lipinski definition) is 2. The fourth-order valence-corrected chi connectivity index (χ4v) is 3.27. The summed E-state index contributed by atoms with van der Waals surface area (Å²) in [6.07, 6.45) is 3.66. The summed E-state index contributed by atoms with van der Waals surface area (Å²) in [6.45, 7) is 5.08. The van der Waals surface area contributed by atoms with Gasteiger partial charge in [-0.25, -0.2) is 4.79 Å². The number of aromatic nitrogens is 2. The van der Waals surface area contributed by atoms with Crippen LogP contribution in [0.3, 0.4) is 0 Å². The summed E-state index contributed by atoms with van der Waals surface area (Å²) in [5, 5.41) is 2.89. The average Bonchev–Trinajstić information content (AvgIpc) is 3.15. The molecule has 0 spiro atoms. The van der Waals surface area contributed by atoms with E-state index in [9.17, 15) is 14.4 Å². The molecule has 0 saturated carbocycles. The molecule has 1 atom stereocenters. The Balaban J connectivity index is 1.66. The first-order chi connectivity index (χ1) is 12.9. The molecule has 1 fully saturated rings. The lowest BCUT2D eigenvalue weighted by molar-refractivity contribution is 0.0646. The predicted octanol–water partition coefficient (Wildman–Crippen LogP) is 1.60. The number of carbonyl (C=O) groups is 2. The lowest BCUT2D eigenvalue weighted by Gasteiger charge is -2.32. The van der Waals surface area contributed by atoms with Gasteiger partial charge in [0.25, 0.3) is 11.8 Å². The van der Waals surface area contributed by atoms with Crippen molar-refractivity contribution in [2.24, 2.45) is 5.92 Å². The first kappa shape index (κ1) is 18.9. The zero-order valence-corrected chi connectivity index (χ0v) is 15.5. The van der Waals surface area contributed by atoms with Crippen LogP contribution in [0.4, 0.5) is 0 Å². The highest BCUT2D eigenvalue weighted by atomic mass is 16.3. The molecule has 144 valence electrons. The molecule has 2 aromatic heterocycles. The molecule has 0 unspecified atom stereocenters. The second-order valence-corrected chi connectivity index (χ2v) is 7.24. The highest BCUT2D eigenvalue weighted by molar-refractivity contribution is 5.93. The highest BCUT2D eigenvalue weighted by Crippen LogP contribution is 2.15. The van der Waals surface area contributed by atoms with Gasteiger partial charge in [0, 0.05) is 24.8 Å². The number of nitrogens with one attached hydrogen (secondary N) is 2. The van der Waals surface area contributed by atoms with Crippen LogP contribution >= 0.6 is 0 Å². The Morgan fingerprint density at radius 2 is 2.26 bits per heavy atom. The van der Waals surface area contributed by atoms with E-state index in [1.54, 1.807) is 23.1 Å². The number of hydrogen-bond acceptors (Lipinski definition) is 5. The molecule has 0 radical (unpaired) electrons. The van der Waals surface area contributed by atoms with E-state index in [0.29, 0.717) is 31.1 Å². The lowest BCUT2D eigenvalue weighted by atomic mass is 10.0. The monoisotopic (exact) mass is 372 g/mol. The molecule has 3 heterocycles. The first-order valence-electron chi connectivity index (χ1n) is 9.16. The predicted molar refractivity (Wildman–Crippen MR) is 98.5 cm³/mol. The molecule has 27 heavy (non-hydrogen) atoms. The molecule has 1 aliphatic heterocycles. The third kappa shape index (κ3) is 4.84. The highest BCUT2D eigenvalue weighted by Gasteiger charge is 2.27. The molecule has 2 aromatic rings. The summed E-state index contributed by atoms with van der Waals surface area (Å²) in [6, 6.07) is 4.72. The Labute approximate surface area is 157 Å². The van der Waals surface area contributed by atoms with E-state index in [2.05, 4.69) is 15.3 Å². The van der Waals surface area contributed by atoms with Crippen LogP contribution in [0, 0.1) is 5.92 Å². The zero-order chi connectivity index (χ0) is 19.4. The molecule has 1 saturated heterocycles. The summed E-state index contributed by atoms with van der Waals surface area (Å²) in [7, 11) is 0. The fraction of sp³-hybridized carbons (Fsp3) is 0.474. The van der Waals surface area contributed by atoms with E-state index in [1.165, 1.54) is 6.26 Å². The van der Waals surface area contributed by atoms with Crippen molar-refractivity contribution in [1.82, 2.24) is 20.2 Å². The van der Waals surface area contributed by atoms with Gasteiger partial charge < -0.3 is 19.6 Å². The molecule has 3 rings (SSSR count). The number of carbonyl (C=O) groups excluding carboxylic acids is 2. The van der Waals surface area contributed by atoms with Gasteiger partial charge in [-0.05, 0) is 43.4 Å². The van der Waals surface area contributed by atoms with Crippen molar-refractivity contribution in [3.8, 4) is 0 Å². The van der Waals surface area contributed by atoms with Crippen molar-refractivity contribution in [2.45, 2.75) is 39.2 Å². The third-order valence-corrected chi connectivity index (χ3v) is 4.44. The minimum absolute atomic E-state index is 0.101. The molecular weight excluding hydrogens is 348 g/mol. The Hall–Kier alpha value is -2.90. The number of rotatable bonds is 5. The van der Waals surface area contributed by atoms with Crippen LogP contribution in [-0.4, -0.2) is 45.8 Å². The Morgan fingerprint density at radius 3 is 2.96 bits per heavy atom. The normalized spacial score (nSPS) is 17.1. The van der Waals surface area contributed by atoms with Crippen molar-refractivity contribution < 1.29 is 14.0 Å². The maximum atomic E-state index is 12.6. The van der Waals surface area contributed by atoms with Crippen molar-refractivity contribution in [3.63, 3.8) is 0 Å². The summed E-state index contributed by atoms with van der Waals surface area (Å²) >= 11 is 0. The minimum atomic E-state index is -0.531. The van der Waals surface area contributed by atoms with Crippen LogP contribution in [-0.2, 0) is 6.42 Å². The molecular formula is C19H24N4O4. The topological polar surface area (TPSA) is 108 Å². The maximum absolute atomic E-state index is 12.6. The molecule has 1 aliphatic rings. The van der Waals surface area contributed by atoms with Crippen molar-refractivity contribution >= 4 is 11.8 Å². The fourth-order valence-electron chi connectivity index (χ4n) is 3.27. The number of amides is 2. The van der Waals surface area contributed by atoms with Crippen molar-refractivity contribution in [2.75, 3.05) is 13.1 Å². The van der Waals surface area contributed by atoms with Crippen LogP contribution in [0.5, 0.6) is 0 Å². The standard InChI is InChI=1S/C19H24N4O4/c1-12(2)9-14-10-15(22-19(26)21-14)17(24)20-13-5-3-7-23(11-13)18(25)16-6-4-8-27-16/h4,6,8,10,12-13H,3,5,7,9,11H2,1-2H3,(H,20,24)(H,21,22,26)/t13-/m0/s1. The van der Waals surface area contributed by atoms with Crippen LogP contribution < -0.4 is 11.0 Å². The summed E-state index contributed by atoms with van der Waals surface area (Å²) in [5.41, 5.74) is 0.258. The quantitative estimate of drug-likeness (QED) is 0.829. The van der Waals surface area contributed by atoms with Gasteiger partial charge in [-0.1, -0.05) is 13.8 Å². The van der Waals surface area contributed by atoms with Crippen LogP contribution in [0.25, 0.3) is 0 Å². The van der Waals surface area contributed by atoms with E-state index in [0.717, 1.165) is 12.8 Å². The van der Waals surface area contributed by atoms with Gasteiger partial charge in [-0.3, -0.25) is 9.59 Å². The minimum Gasteiger partial charge on any atom is -0.459 e. The SMILES string of the molecule is CC(C)Cc1cc(C(=O)N[C@H]2CCCN(C(=O)c3ccco3)C2)nc(=O)[nH]1. The Kier molecular flexibility index (Phi) is 5.73. The number of furan rings is 1. The van der Waals surface area contributed by atoms with Gasteiger partial charge in [0.15, 0.2) is 5.76 Å². The van der Waals surface area contributed by atoms with Gasteiger partial charge in [-0.2, -0.15) is 4.98 Å². The third-order valence-electron chi connectivity index (χ3n) is 4.44. The second-order valence-electron chi connectivity index (χ2n) is 7.24. The second kappa shape index (κ2) is 8.20. The van der Waals surface area contributed by atoms with Crippen LogP contribution in [0.1, 0.15) is 53.4 Å². The maximum Gasteiger partial charge on any atom is 0.345 e. The molecule has 0 aromatic carbocycles. The van der Waals surface area contributed by atoms with Gasteiger partial charge >= 0.3 is 5.69 Å².